The second-order valence-corrected chi connectivity index (χ2v) is 3.46. The van der Waals surface area contributed by atoms with Gasteiger partial charge in [0.15, 0.2) is 5.84 Å². The number of hydrazone groups is 1. The first-order chi connectivity index (χ1) is 9.19. The van der Waals surface area contributed by atoms with Gasteiger partial charge in [0.2, 0.25) is 0 Å². The molecule has 0 spiro atoms. The topological polar surface area (TPSA) is 107 Å². The number of hydrogen-bond acceptors (Lipinski definition) is 6. The Morgan fingerprint density at radius 3 is 3.00 bits per heavy atom. The van der Waals surface area contributed by atoms with Gasteiger partial charge < -0.3 is 4.74 Å². The zero-order chi connectivity index (χ0) is 14.1. The summed E-state index contributed by atoms with van der Waals surface area (Å²) in [6, 6.07) is 8.61. The monoisotopic (exact) mass is 262 g/mol. The number of carbonyl (C=O) groups is 1. The fraction of sp³-hybridized carbons (Fsp3) is 0.250. The minimum Gasteiger partial charge on any atom is -0.466 e. The lowest BCUT2D eigenvalue weighted by Crippen LogP contribution is -2.24. The number of benzene rings is 1. The minimum absolute atomic E-state index is 0.0146. The number of ether oxygens (including phenoxy) is 1. The summed E-state index contributed by atoms with van der Waals surface area (Å²) < 4.78 is 4.72. The molecule has 0 atom stereocenters. The lowest BCUT2D eigenvalue weighted by Gasteiger charge is -2.06. The molecule has 0 saturated carbocycles. The number of nitriles is 1. The molecule has 0 aromatic heterocycles. The highest BCUT2D eigenvalue weighted by molar-refractivity contribution is 5.97. The van der Waals surface area contributed by atoms with Crippen LogP contribution in [0.5, 0.6) is 0 Å². The summed E-state index contributed by atoms with van der Waals surface area (Å²) in [6.07, 6.45) is -0.185. The Labute approximate surface area is 110 Å². The van der Waals surface area contributed by atoms with Crippen LogP contribution in [0.2, 0.25) is 0 Å². The number of anilines is 1. The van der Waals surface area contributed by atoms with Crippen molar-refractivity contribution in [2.75, 3.05) is 12.0 Å². The minimum atomic E-state index is -0.504. The largest absolute Gasteiger partial charge is 0.466 e. The number of carbonyl (C=O) groups excluding carboxylic acids is 1. The van der Waals surface area contributed by atoms with E-state index in [1.54, 1.807) is 31.2 Å². The van der Waals surface area contributed by atoms with E-state index in [0.29, 0.717) is 11.3 Å². The van der Waals surface area contributed by atoms with Crippen LogP contribution in [0.25, 0.3) is 0 Å². The van der Waals surface area contributed by atoms with Gasteiger partial charge >= 0.3 is 5.97 Å². The van der Waals surface area contributed by atoms with Gasteiger partial charge in [-0.1, -0.05) is 6.07 Å². The van der Waals surface area contributed by atoms with Gasteiger partial charge in [-0.15, -0.1) is 0 Å². The maximum atomic E-state index is 11.2. The molecule has 0 fully saturated rings. The Morgan fingerprint density at radius 2 is 2.37 bits per heavy atom. The van der Waals surface area contributed by atoms with Gasteiger partial charge in [-0.3, -0.25) is 20.9 Å². The normalized spacial score (nSPS) is 10.5. The SMILES string of the molecule is CCOC(=O)CC(=NNc1cccc(C#N)c1)NO. The summed E-state index contributed by atoms with van der Waals surface area (Å²) in [4.78, 5) is 11.2. The zero-order valence-corrected chi connectivity index (χ0v) is 10.4. The van der Waals surface area contributed by atoms with Crippen molar-refractivity contribution in [3.63, 3.8) is 0 Å². The van der Waals surface area contributed by atoms with Gasteiger partial charge in [-0.2, -0.15) is 10.4 Å². The van der Waals surface area contributed by atoms with Gasteiger partial charge in [0.1, 0.15) is 6.42 Å². The van der Waals surface area contributed by atoms with Gasteiger partial charge in [0.05, 0.1) is 23.9 Å². The van der Waals surface area contributed by atoms with Crippen molar-refractivity contribution in [3.05, 3.63) is 29.8 Å². The third kappa shape index (κ3) is 5.06. The Morgan fingerprint density at radius 1 is 1.58 bits per heavy atom. The van der Waals surface area contributed by atoms with Gasteiger partial charge in [0, 0.05) is 0 Å². The average molecular weight is 262 g/mol. The second-order valence-electron chi connectivity index (χ2n) is 3.46. The van der Waals surface area contributed by atoms with Crippen LogP contribution in [0.3, 0.4) is 0 Å². The summed E-state index contributed by atoms with van der Waals surface area (Å²) in [5.41, 5.74) is 5.48. The molecule has 0 bridgehead atoms. The number of hydrogen-bond donors (Lipinski definition) is 3. The van der Waals surface area contributed by atoms with Crippen LogP contribution in [-0.4, -0.2) is 23.6 Å². The summed E-state index contributed by atoms with van der Waals surface area (Å²) in [5.74, 6) is -0.490. The van der Waals surface area contributed by atoms with Crippen molar-refractivity contribution in [3.8, 4) is 6.07 Å². The van der Waals surface area contributed by atoms with E-state index in [4.69, 9.17) is 15.2 Å². The molecule has 1 aromatic rings. The van der Waals surface area contributed by atoms with E-state index in [1.165, 1.54) is 0 Å². The van der Waals surface area contributed by atoms with Crippen LogP contribution >= 0.6 is 0 Å². The van der Waals surface area contributed by atoms with Crippen molar-refractivity contribution in [1.82, 2.24) is 5.48 Å². The average Bonchev–Trinajstić information content (AvgIpc) is 2.44. The van der Waals surface area contributed by atoms with Crippen LogP contribution in [0, 0.1) is 11.3 Å². The van der Waals surface area contributed by atoms with Gasteiger partial charge in [-0.05, 0) is 25.1 Å². The number of esters is 1. The molecule has 0 aliphatic rings. The molecule has 1 aromatic carbocycles. The highest BCUT2D eigenvalue weighted by Gasteiger charge is 2.07. The van der Waals surface area contributed by atoms with Crippen molar-refractivity contribution < 1.29 is 14.7 Å². The molecule has 0 aliphatic carbocycles. The van der Waals surface area contributed by atoms with E-state index in [9.17, 15) is 4.79 Å². The Kier molecular flexibility index (Phi) is 5.85. The fourth-order valence-corrected chi connectivity index (χ4v) is 1.24. The van der Waals surface area contributed by atoms with E-state index in [-0.39, 0.29) is 18.9 Å². The van der Waals surface area contributed by atoms with Crippen LogP contribution in [0.4, 0.5) is 5.69 Å². The summed E-state index contributed by atoms with van der Waals surface area (Å²) in [5, 5.41) is 21.4. The molecule has 3 N–H and O–H groups in total. The molecule has 0 unspecified atom stereocenters. The Bertz CT molecular complexity index is 508. The third-order valence-corrected chi connectivity index (χ3v) is 2.06. The van der Waals surface area contributed by atoms with E-state index >= 15 is 0 Å². The maximum Gasteiger partial charge on any atom is 0.313 e. The molecule has 7 nitrogen and oxygen atoms in total. The lowest BCUT2D eigenvalue weighted by atomic mass is 10.2. The van der Waals surface area contributed by atoms with Crippen LogP contribution in [-0.2, 0) is 9.53 Å². The van der Waals surface area contributed by atoms with Crippen LogP contribution in [0.15, 0.2) is 29.4 Å². The highest BCUT2D eigenvalue weighted by atomic mass is 16.5. The van der Waals surface area contributed by atoms with Gasteiger partial charge in [0.25, 0.3) is 0 Å². The summed E-state index contributed by atoms with van der Waals surface area (Å²) >= 11 is 0. The predicted molar refractivity (Wildman–Crippen MR) is 68.4 cm³/mol. The molecule has 0 saturated heterocycles. The van der Waals surface area contributed by atoms with E-state index in [0.717, 1.165) is 0 Å². The maximum absolute atomic E-state index is 11.2. The molecule has 19 heavy (non-hydrogen) atoms. The van der Waals surface area contributed by atoms with E-state index in [1.807, 2.05) is 11.5 Å². The van der Waals surface area contributed by atoms with Crippen LogP contribution in [0.1, 0.15) is 18.9 Å². The number of nitrogens with zero attached hydrogens (tertiary/aromatic N) is 2. The molecular formula is C12H14N4O3. The third-order valence-electron chi connectivity index (χ3n) is 2.06. The first kappa shape index (κ1) is 14.5. The summed E-state index contributed by atoms with van der Waals surface area (Å²) in [6.45, 7) is 1.95. The summed E-state index contributed by atoms with van der Waals surface area (Å²) in [7, 11) is 0. The van der Waals surface area contributed by atoms with Crippen molar-refractivity contribution >= 4 is 17.5 Å². The van der Waals surface area contributed by atoms with E-state index in [2.05, 4.69) is 10.5 Å². The van der Waals surface area contributed by atoms with Crippen molar-refractivity contribution in [2.45, 2.75) is 13.3 Å². The molecule has 1 rings (SSSR count). The number of nitrogens with one attached hydrogen (secondary N) is 2. The molecular weight excluding hydrogens is 248 g/mol. The van der Waals surface area contributed by atoms with Gasteiger partial charge in [-0.25, -0.2) is 0 Å². The van der Waals surface area contributed by atoms with Crippen LogP contribution < -0.4 is 10.9 Å². The Balaban J connectivity index is 2.66. The number of amidine groups is 1. The number of hydroxylamine groups is 1. The fourth-order valence-electron chi connectivity index (χ4n) is 1.24. The van der Waals surface area contributed by atoms with E-state index < -0.39 is 5.97 Å². The molecule has 0 amide bonds. The quantitative estimate of drug-likeness (QED) is 0.319. The highest BCUT2D eigenvalue weighted by Crippen LogP contribution is 2.09. The molecule has 0 aliphatic heterocycles. The zero-order valence-electron chi connectivity index (χ0n) is 10.4. The second kappa shape index (κ2) is 7.68. The smallest absolute Gasteiger partial charge is 0.313 e. The molecule has 100 valence electrons. The Hall–Kier alpha value is -2.59. The molecule has 0 radical (unpaired) electrons. The molecule has 7 heteroatoms. The lowest BCUT2D eigenvalue weighted by molar-refractivity contribution is -0.141. The standard InChI is InChI=1S/C12H14N4O3/c1-2-19-12(17)7-11(16-18)15-14-10-5-3-4-9(6-10)8-13/h3-6,14,18H,2,7H2,1H3,(H,15,16). The first-order valence-electron chi connectivity index (χ1n) is 5.58. The molecule has 0 heterocycles. The predicted octanol–water partition coefficient (Wildman–Crippen LogP) is 1.22. The van der Waals surface area contributed by atoms with Crippen molar-refractivity contribution in [2.24, 2.45) is 5.10 Å². The van der Waals surface area contributed by atoms with Crippen molar-refractivity contribution in [1.29, 1.82) is 5.26 Å². The first-order valence-corrected chi connectivity index (χ1v) is 5.58. The number of rotatable bonds is 5.